The van der Waals surface area contributed by atoms with E-state index in [4.69, 9.17) is 4.74 Å². The van der Waals surface area contributed by atoms with Gasteiger partial charge in [0.2, 0.25) is 5.91 Å². The molecule has 2 aromatic carbocycles. The Morgan fingerprint density at radius 1 is 1.07 bits per heavy atom. The Morgan fingerprint density at radius 3 is 2.41 bits per heavy atom. The van der Waals surface area contributed by atoms with E-state index in [2.05, 4.69) is 5.32 Å². The van der Waals surface area contributed by atoms with Crippen molar-refractivity contribution in [3.8, 4) is 0 Å². The Kier molecular flexibility index (Phi) is 7.38. The molecule has 0 heterocycles. The molecule has 0 bridgehead atoms. The Labute approximate surface area is 161 Å². The summed E-state index contributed by atoms with van der Waals surface area (Å²) in [5.74, 6) is -0.358. The molecule has 0 saturated heterocycles. The molecule has 1 amide bonds. The van der Waals surface area contributed by atoms with Crippen LogP contribution in [0.25, 0.3) is 0 Å². The fourth-order valence-corrected chi connectivity index (χ4v) is 3.98. The number of amides is 1. The number of hydrogen-bond acceptors (Lipinski definition) is 4. The molecule has 2 aromatic rings. The molecule has 6 nitrogen and oxygen atoms in total. The second-order valence-electron chi connectivity index (χ2n) is 6.29. The Balaban J connectivity index is 2.31. The second-order valence-corrected chi connectivity index (χ2v) is 8.15. The van der Waals surface area contributed by atoms with Crippen molar-refractivity contribution in [1.29, 1.82) is 0 Å². The smallest absolute Gasteiger partial charge is 0.264 e. The van der Waals surface area contributed by atoms with Crippen LogP contribution in [-0.2, 0) is 19.6 Å². The van der Waals surface area contributed by atoms with Crippen LogP contribution in [0.15, 0.2) is 53.4 Å². The van der Waals surface area contributed by atoms with E-state index in [0.29, 0.717) is 25.3 Å². The average Bonchev–Trinajstić information content (AvgIpc) is 2.66. The van der Waals surface area contributed by atoms with E-state index in [9.17, 15) is 13.2 Å². The van der Waals surface area contributed by atoms with Crippen LogP contribution in [0.1, 0.15) is 17.5 Å². The zero-order chi connectivity index (χ0) is 19.9. The number of anilines is 1. The van der Waals surface area contributed by atoms with Crippen LogP contribution in [0.4, 0.5) is 5.69 Å². The van der Waals surface area contributed by atoms with E-state index in [1.807, 2.05) is 19.9 Å². The fraction of sp³-hybridized carbons (Fsp3) is 0.350. The maximum atomic E-state index is 13.2. The molecule has 146 valence electrons. The van der Waals surface area contributed by atoms with E-state index in [1.54, 1.807) is 37.4 Å². The van der Waals surface area contributed by atoms with Crippen molar-refractivity contribution in [2.75, 3.05) is 31.1 Å². The number of nitrogens with one attached hydrogen (secondary N) is 1. The number of hydrogen-bond donors (Lipinski definition) is 1. The topological polar surface area (TPSA) is 75.7 Å². The van der Waals surface area contributed by atoms with Crippen molar-refractivity contribution in [2.24, 2.45) is 0 Å². The third-order valence-corrected chi connectivity index (χ3v) is 6.03. The number of carbonyl (C=O) groups excluding carboxylic acids is 1. The molecule has 0 atom stereocenters. The molecule has 0 aliphatic carbocycles. The minimum Gasteiger partial charge on any atom is -0.385 e. The number of sulfonamides is 1. The number of carbonyl (C=O) groups is 1. The summed E-state index contributed by atoms with van der Waals surface area (Å²) in [5.41, 5.74) is 2.48. The first-order valence-electron chi connectivity index (χ1n) is 8.77. The van der Waals surface area contributed by atoms with E-state index in [1.165, 1.54) is 12.1 Å². The van der Waals surface area contributed by atoms with Crippen LogP contribution < -0.4 is 9.62 Å². The number of aryl methyl sites for hydroxylation is 2. The van der Waals surface area contributed by atoms with Crippen molar-refractivity contribution in [3.63, 3.8) is 0 Å². The molecule has 7 heteroatoms. The second kappa shape index (κ2) is 9.53. The number of ether oxygens (including phenoxy) is 1. The molecule has 0 unspecified atom stereocenters. The molecule has 0 fully saturated rings. The van der Waals surface area contributed by atoms with Crippen LogP contribution in [0, 0.1) is 13.8 Å². The molecule has 27 heavy (non-hydrogen) atoms. The first kappa shape index (κ1) is 20.9. The van der Waals surface area contributed by atoms with Gasteiger partial charge in [0.05, 0.1) is 10.6 Å². The third-order valence-electron chi connectivity index (χ3n) is 4.24. The minimum absolute atomic E-state index is 0.149. The van der Waals surface area contributed by atoms with Crippen molar-refractivity contribution >= 4 is 21.6 Å². The number of rotatable bonds is 9. The quantitative estimate of drug-likeness (QED) is 0.668. The maximum Gasteiger partial charge on any atom is 0.264 e. The molecule has 0 aliphatic rings. The summed E-state index contributed by atoms with van der Waals surface area (Å²) < 4.78 is 32.4. The van der Waals surface area contributed by atoms with Crippen molar-refractivity contribution in [1.82, 2.24) is 5.32 Å². The van der Waals surface area contributed by atoms with E-state index in [-0.39, 0.29) is 17.3 Å². The maximum absolute atomic E-state index is 13.2. The molecular formula is C20H26N2O4S. The standard InChI is InChI=1S/C20H26N2O4S/c1-16-10-11-18(14-17(16)2)22(15-20(23)21-12-7-13-26-3)27(24,25)19-8-5-4-6-9-19/h4-6,8-11,14H,7,12-13,15H2,1-3H3,(H,21,23). The molecule has 1 N–H and O–H groups in total. The lowest BCUT2D eigenvalue weighted by atomic mass is 10.1. The van der Waals surface area contributed by atoms with Gasteiger partial charge in [0, 0.05) is 20.3 Å². The molecule has 0 radical (unpaired) electrons. The molecule has 2 rings (SSSR count). The van der Waals surface area contributed by atoms with Gasteiger partial charge in [0.25, 0.3) is 10.0 Å². The summed E-state index contributed by atoms with van der Waals surface area (Å²) >= 11 is 0. The van der Waals surface area contributed by atoms with Crippen molar-refractivity contribution < 1.29 is 17.9 Å². The van der Waals surface area contributed by atoms with Gasteiger partial charge in [0.1, 0.15) is 6.54 Å². The Morgan fingerprint density at radius 2 is 1.78 bits per heavy atom. The fourth-order valence-electron chi connectivity index (χ4n) is 2.55. The Hall–Kier alpha value is -2.38. The van der Waals surface area contributed by atoms with Gasteiger partial charge >= 0.3 is 0 Å². The van der Waals surface area contributed by atoms with Crippen LogP contribution in [0.2, 0.25) is 0 Å². The predicted octanol–water partition coefficient (Wildman–Crippen LogP) is 2.65. The zero-order valence-corrected chi connectivity index (χ0v) is 16.8. The summed E-state index contributed by atoms with van der Waals surface area (Å²) in [6, 6.07) is 13.5. The van der Waals surface area contributed by atoms with Gasteiger partial charge in [-0.25, -0.2) is 8.42 Å². The van der Waals surface area contributed by atoms with Gasteiger partial charge in [-0.1, -0.05) is 24.3 Å². The first-order valence-corrected chi connectivity index (χ1v) is 10.2. The summed E-state index contributed by atoms with van der Waals surface area (Å²) in [5, 5.41) is 2.74. The highest BCUT2D eigenvalue weighted by molar-refractivity contribution is 7.92. The highest BCUT2D eigenvalue weighted by Crippen LogP contribution is 2.25. The summed E-state index contributed by atoms with van der Waals surface area (Å²) in [6.07, 6.45) is 0.664. The van der Waals surface area contributed by atoms with Crippen LogP contribution in [0.5, 0.6) is 0 Å². The summed E-state index contributed by atoms with van der Waals surface area (Å²) in [6.45, 7) is 4.55. The predicted molar refractivity (Wildman–Crippen MR) is 106 cm³/mol. The normalized spacial score (nSPS) is 11.2. The lowest BCUT2D eigenvalue weighted by Gasteiger charge is -2.24. The minimum atomic E-state index is -3.87. The van der Waals surface area contributed by atoms with Gasteiger partial charge in [-0.05, 0) is 55.7 Å². The summed E-state index contributed by atoms with van der Waals surface area (Å²) in [7, 11) is -2.27. The zero-order valence-electron chi connectivity index (χ0n) is 15.9. The number of nitrogens with zero attached hydrogens (tertiary/aromatic N) is 1. The van der Waals surface area contributed by atoms with Crippen LogP contribution in [-0.4, -0.2) is 41.1 Å². The van der Waals surface area contributed by atoms with Crippen molar-refractivity contribution in [3.05, 3.63) is 59.7 Å². The monoisotopic (exact) mass is 390 g/mol. The lowest BCUT2D eigenvalue weighted by molar-refractivity contribution is -0.119. The van der Waals surface area contributed by atoms with Crippen LogP contribution in [0.3, 0.4) is 0 Å². The van der Waals surface area contributed by atoms with Gasteiger partial charge in [-0.2, -0.15) is 0 Å². The number of benzene rings is 2. The third kappa shape index (κ3) is 5.55. The van der Waals surface area contributed by atoms with Crippen molar-refractivity contribution in [2.45, 2.75) is 25.2 Å². The lowest BCUT2D eigenvalue weighted by Crippen LogP contribution is -2.41. The SMILES string of the molecule is COCCCNC(=O)CN(c1ccc(C)c(C)c1)S(=O)(=O)c1ccccc1. The average molecular weight is 391 g/mol. The van der Waals surface area contributed by atoms with Crippen LogP contribution >= 0.6 is 0 Å². The van der Waals surface area contributed by atoms with E-state index in [0.717, 1.165) is 15.4 Å². The Bertz CT molecular complexity index is 867. The number of methoxy groups -OCH3 is 1. The van der Waals surface area contributed by atoms with Gasteiger partial charge in [-0.15, -0.1) is 0 Å². The van der Waals surface area contributed by atoms with Gasteiger partial charge in [-0.3, -0.25) is 9.10 Å². The van der Waals surface area contributed by atoms with Gasteiger partial charge in [0.15, 0.2) is 0 Å². The highest BCUT2D eigenvalue weighted by atomic mass is 32.2. The van der Waals surface area contributed by atoms with E-state index >= 15 is 0 Å². The van der Waals surface area contributed by atoms with E-state index < -0.39 is 10.0 Å². The van der Waals surface area contributed by atoms with Gasteiger partial charge < -0.3 is 10.1 Å². The molecule has 0 aromatic heterocycles. The molecule has 0 spiro atoms. The molecule has 0 aliphatic heterocycles. The molecular weight excluding hydrogens is 364 g/mol. The summed E-state index contributed by atoms with van der Waals surface area (Å²) in [4.78, 5) is 12.5. The highest BCUT2D eigenvalue weighted by Gasteiger charge is 2.27. The largest absolute Gasteiger partial charge is 0.385 e. The molecule has 0 saturated carbocycles. The first-order chi connectivity index (χ1) is 12.9.